The molecule has 0 saturated carbocycles. The first kappa shape index (κ1) is 19.3. The number of methoxy groups -OCH3 is 2. The Morgan fingerprint density at radius 1 is 1.08 bits per heavy atom. The van der Waals surface area contributed by atoms with Crippen LogP contribution in [0, 0.1) is 0 Å². The van der Waals surface area contributed by atoms with Crippen LogP contribution < -0.4 is 19.7 Å². The van der Waals surface area contributed by atoms with Gasteiger partial charge in [-0.2, -0.15) is 0 Å². The molecule has 0 fully saturated rings. The van der Waals surface area contributed by atoms with Gasteiger partial charge >= 0.3 is 0 Å². The normalized spacial score (nSPS) is 10.2. The van der Waals surface area contributed by atoms with Crippen molar-refractivity contribution < 1.29 is 19.1 Å². The largest absolute Gasteiger partial charge is 0.497 e. The van der Waals surface area contributed by atoms with Gasteiger partial charge in [0.05, 0.1) is 19.9 Å². The maximum atomic E-state index is 12.5. The number of aryl methyl sites for hydroxylation is 1. The van der Waals surface area contributed by atoms with Crippen LogP contribution in [0.15, 0.2) is 42.5 Å². The number of anilines is 2. The van der Waals surface area contributed by atoms with Crippen molar-refractivity contribution in [2.75, 3.05) is 31.0 Å². The third kappa shape index (κ3) is 4.53. The zero-order chi connectivity index (χ0) is 19.1. The van der Waals surface area contributed by atoms with Crippen molar-refractivity contribution >= 4 is 23.2 Å². The summed E-state index contributed by atoms with van der Waals surface area (Å²) in [5.74, 6) is 0.531. The number of carbonyl (C=O) groups excluding carboxylic acids is 2. The molecule has 2 amide bonds. The van der Waals surface area contributed by atoms with E-state index in [9.17, 15) is 9.59 Å². The third-order valence-electron chi connectivity index (χ3n) is 4.03. The second kappa shape index (κ2) is 8.89. The van der Waals surface area contributed by atoms with E-state index in [2.05, 4.69) is 5.32 Å². The maximum absolute atomic E-state index is 12.5. The number of amides is 2. The fourth-order valence-corrected chi connectivity index (χ4v) is 2.66. The van der Waals surface area contributed by atoms with E-state index in [4.69, 9.17) is 9.47 Å². The van der Waals surface area contributed by atoms with Crippen LogP contribution in [0.3, 0.4) is 0 Å². The number of para-hydroxylation sites is 1. The standard InChI is InChI=1S/C20H24N2O4/c1-5-15-8-6-7-9-17(15)21-20(24)13-22(14(2)23)18-11-10-16(25-3)12-19(18)26-4/h6-12H,5,13H2,1-4H3,(H,21,24). The Balaban J connectivity index is 2.23. The molecule has 6 nitrogen and oxygen atoms in total. The molecule has 2 aromatic rings. The molecule has 0 saturated heterocycles. The molecule has 26 heavy (non-hydrogen) atoms. The average Bonchev–Trinajstić information content (AvgIpc) is 2.65. The summed E-state index contributed by atoms with van der Waals surface area (Å²) in [4.78, 5) is 26.0. The minimum Gasteiger partial charge on any atom is -0.497 e. The van der Waals surface area contributed by atoms with Gasteiger partial charge in [-0.25, -0.2) is 0 Å². The van der Waals surface area contributed by atoms with Crippen LogP contribution in [0.4, 0.5) is 11.4 Å². The molecule has 0 atom stereocenters. The Morgan fingerprint density at radius 3 is 2.42 bits per heavy atom. The van der Waals surface area contributed by atoms with E-state index in [-0.39, 0.29) is 18.4 Å². The predicted molar refractivity (Wildman–Crippen MR) is 102 cm³/mol. The maximum Gasteiger partial charge on any atom is 0.244 e. The van der Waals surface area contributed by atoms with Gasteiger partial charge in [0.25, 0.3) is 0 Å². The van der Waals surface area contributed by atoms with Crippen molar-refractivity contribution in [1.29, 1.82) is 0 Å². The first-order valence-electron chi connectivity index (χ1n) is 8.38. The Bertz CT molecular complexity index is 789. The van der Waals surface area contributed by atoms with Crippen LogP contribution in [0.5, 0.6) is 11.5 Å². The Kier molecular flexibility index (Phi) is 6.60. The Morgan fingerprint density at radius 2 is 1.81 bits per heavy atom. The molecular weight excluding hydrogens is 332 g/mol. The lowest BCUT2D eigenvalue weighted by Gasteiger charge is -2.23. The molecule has 0 aliphatic carbocycles. The number of hydrogen-bond acceptors (Lipinski definition) is 4. The van der Waals surface area contributed by atoms with E-state index in [0.29, 0.717) is 17.2 Å². The van der Waals surface area contributed by atoms with Gasteiger partial charge in [-0.05, 0) is 30.2 Å². The molecule has 1 N–H and O–H groups in total. The molecule has 0 aromatic heterocycles. The van der Waals surface area contributed by atoms with Crippen LogP contribution in [-0.4, -0.2) is 32.6 Å². The summed E-state index contributed by atoms with van der Waals surface area (Å²) in [5.41, 5.74) is 2.31. The lowest BCUT2D eigenvalue weighted by Crippen LogP contribution is -2.37. The van der Waals surface area contributed by atoms with Crippen LogP contribution in [0.2, 0.25) is 0 Å². The van der Waals surface area contributed by atoms with Crippen LogP contribution in [-0.2, 0) is 16.0 Å². The minimum absolute atomic E-state index is 0.115. The lowest BCUT2D eigenvalue weighted by atomic mass is 10.1. The van der Waals surface area contributed by atoms with Crippen LogP contribution in [0.1, 0.15) is 19.4 Å². The minimum atomic E-state index is -0.279. The number of nitrogens with one attached hydrogen (secondary N) is 1. The SMILES string of the molecule is CCc1ccccc1NC(=O)CN(C(C)=O)c1ccc(OC)cc1OC. The fraction of sp³-hybridized carbons (Fsp3) is 0.300. The van der Waals surface area contributed by atoms with Gasteiger partial charge in [-0.1, -0.05) is 25.1 Å². The van der Waals surface area contributed by atoms with Gasteiger partial charge in [0.2, 0.25) is 11.8 Å². The van der Waals surface area contributed by atoms with Crippen molar-refractivity contribution in [2.45, 2.75) is 20.3 Å². The van der Waals surface area contributed by atoms with E-state index in [1.807, 2.05) is 31.2 Å². The van der Waals surface area contributed by atoms with Crippen molar-refractivity contribution in [1.82, 2.24) is 0 Å². The topological polar surface area (TPSA) is 67.9 Å². The quantitative estimate of drug-likeness (QED) is 0.827. The molecule has 6 heteroatoms. The monoisotopic (exact) mass is 356 g/mol. The van der Waals surface area contributed by atoms with Gasteiger partial charge in [0, 0.05) is 18.7 Å². The second-order valence-electron chi connectivity index (χ2n) is 5.70. The molecule has 0 aliphatic rings. The average molecular weight is 356 g/mol. The highest BCUT2D eigenvalue weighted by Crippen LogP contribution is 2.32. The van der Waals surface area contributed by atoms with Gasteiger partial charge in [0.15, 0.2) is 0 Å². The smallest absolute Gasteiger partial charge is 0.244 e. The summed E-state index contributed by atoms with van der Waals surface area (Å²) < 4.78 is 10.5. The van der Waals surface area contributed by atoms with E-state index < -0.39 is 0 Å². The van der Waals surface area contributed by atoms with E-state index in [1.165, 1.54) is 18.9 Å². The van der Waals surface area contributed by atoms with E-state index >= 15 is 0 Å². The summed E-state index contributed by atoms with van der Waals surface area (Å²) >= 11 is 0. The van der Waals surface area contributed by atoms with Crippen LogP contribution in [0.25, 0.3) is 0 Å². The molecule has 0 unspecified atom stereocenters. The third-order valence-corrected chi connectivity index (χ3v) is 4.03. The molecule has 0 bridgehead atoms. The molecule has 0 radical (unpaired) electrons. The number of ether oxygens (including phenoxy) is 2. The van der Waals surface area contributed by atoms with Crippen molar-refractivity contribution in [2.24, 2.45) is 0 Å². The first-order valence-corrected chi connectivity index (χ1v) is 8.38. The molecule has 2 rings (SSSR count). The van der Waals surface area contributed by atoms with Gasteiger partial charge < -0.3 is 14.8 Å². The van der Waals surface area contributed by atoms with Gasteiger partial charge in [-0.3, -0.25) is 14.5 Å². The summed E-state index contributed by atoms with van der Waals surface area (Å²) in [6.45, 7) is 3.32. The van der Waals surface area contributed by atoms with Crippen molar-refractivity contribution in [3.63, 3.8) is 0 Å². The zero-order valence-corrected chi connectivity index (χ0v) is 15.5. The molecular formula is C20H24N2O4. The number of carbonyl (C=O) groups is 2. The highest BCUT2D eigenvalue weighted by atomic mass is 16.5. The summed E-state index contributed by atoms with van der Waals surface area (Å²) in [7, 11) is 3.06. The fourth-order valence-electron chi connectivity index (χ4n) is 2.66. The van der Waals surface area contributed by atoms with Crippen LogP contribution >= 0.6 is 0 Å². The second-order valence-corrected chi connectivity index (χ2v) is 5.70. The lowest BCUT2D eigenvalue weighted by molar-refractivity contribution is -0.120. The summed E-state index contributed by atoms with van der Waals surface area (Å²) in [6.07, 6.45) is 0.805. The molecule has 0 heterocycles. The summed E-state index contributed by atoms with van der Waals surface area (Å²) in [6, 6.07) is 12.7. The Hall–Kier alpha value is -3.02. The van der Waals surface area contributed by atoms with E-state index in [0.717, 1.165) is 17.7 Å². The highest BCUT2D eigenvalue weighted by Gasteiger charge is 2.20. The highest BCUT2D eigenvalue weighted by molar-refractivity contribution is 6.02. The van der Waals surface area contributed by atoms with Gasteiger partial charge in [-0.15, -0.1) is 0 Å². The Labute approximate surface area is 153 Å². The van der Waals surface area contributed by atoms with E-state index in [1.54, 1.807) is 25.3 Å². The molecule has 138 valence electrons. The zero-order valence-electron chi connectivity index (χ0n) is 15.5. The first-order chi connectivity index (χ1) is 12.5. The molecule has 0 spiro atoms. The van der Waals surface area contributed by atoms with Crippen molar-refractivity contribution in [3.05, 3.63) is 48.0 Å². The molecule has 0 aliphatic heterocycles. The number of rotatable bonds is 7. The predicted octanol–water partition coefficient (Wildman–Crippen LogP) is 3.26. The van der Waals surface area contributed by atoms with Crippen molar-refractivity contribution in [3.8, 4) is 11.5 Å². The number of hydrogen-bond donors (Lipinski definition) is 1. The summed E-state index contributed by atoms with van der Waals surface area (Å²) in [5, 5.41) is 2.88. The molecule has 2 aromatic carbocycles. The number of nitrogens with zero attached hydrogens (tertiary/aromatic N) is 1. The van der Waals surface area contributed by atoms with Gasteiger partial charge in [0.1, 0.15) is 18.0 Å². The number of benzene rings is 2.